The van der Waals surface area contributed by atoms with Gasteiger partial charge in [-0.2, -0.15) is 0 Å². The summed E-state index contributed by atoms with van der Waals surface area (Å²) in [6, 6.07) is 0. The Kier molecular flexibility index (Phi) is 24.7. The van der Waals surface area contributed by atoms with Crippen LogP contribution in [-0.2, 0) is 23.2 Å². The molecule has 0 aliphatic carbocycles. The number of thiol groups is 1. The van der Waals surface area contributed by atoms with Crippen molar-refractivity contribution in [2.24, 2.45) is 0 Å². The predicted molar refractivity (Wildman–Crippen MR) is 101 cm³/mol. The normalized spacial score (nSPS) is 9.95. The Morgan fingerprint density at radius 1 is 0.773 bits per heavy atom. The van der Waals surface area contributed by atoms with E-state index >= 15 is 0 Å². The van der Waals surface area contributed by atoms with E-state index in [-0.39, 0.29) is 0 Å². The molecule has 0 heterocycles. The Labute approximate surface area is 160 Å². The maximum atomic E-state index is 8.26. The zero-order valence-corrected chi connectivity index (χ0v) is 18.2. The molecule has 0 spiro atoms. The number of thiocarbonyl (C=S) groups is 1. The Morgan fingerprint density at radius 3 is 1.41 bits per heavy atom. The SMILES string of the molecule is CCCCCCCCN(CCCCCCCC)C(=S)S.[O]=[Mo]. The van der Waals surface area contributed by atoms with Crippen molar-refractivity contribution >= 4 is 29.2 Å². The molecule has 0 saturated carbocycles. The minimum absolute atomic E-state index is 0.700. The van der Waals surface area contributed by atoms with E-state index in [0.717, 1.165) is 17.4 Å². The first-order valence-corrected chi connectivity index (χ1v) is 10.5. The molecule has 0 aliphatic rings. The van der Waals surface area contributed by atoms with Crippen molar-refractivity contribution in [1.82, 2.24) is 4.90 Å². The molecule has 0 bridgehead atoms. The summed E-state index contributed by atoms with van der Waals surface area (Å²) in [4.78, 5) is 2.29. The first-order chi connectivity index (χ1) is 10.7. The van der Waals surface area contributed by atoms with Crippen LogP contribution in [0.2, 0.25) is 0 Å². The fourth-order valence-electron chi connectivity index (χ4n) is 2.47. The van der Waals surface area contributed by atoms with Gasteiger partial charge in [-0.3, -0.25) is 0 Å². The molecule has 0 amide bonds. The van der Waals surface area contributed by atoms with Crippen molar-refractivity contribution in [3.8, 4) is 0 Å². The second kappa shape index (κ2) is 21.7. The van der Waals surface area contributed by atoms with Crippen molar-refractivity contribution in [1.29, 1.82) is 0 Å². The van der Waals surface area contributed by atoms with Crippen molar-refractivity contribution in [3.05, 3.63) is 0 Å². The summed E-state index contributed by atoms with van der Waals surface area (Å²) < 4.78 is 9.04. The molecule has 0 N–H and O–H groups in total. The van der Waals surface area contributed by atoms with Gasteiger partial charge in [-0.05, 0) is 12.8 Å². The number of hydrogen-bond acceptors (Lipinski definition) is 2. The van der Waals surface area contributed by atoms with Crippen molar-refractivity contribution < 1.29 is 23.2 Å². The first-order valence-electron chi connectivity index (χ1n) is 8.86. The summed E-state index contributed by atoms with van der Waals surface area (Å²) in [6.45, 7) is 6.73. The molecule has 0 unspecified atom stereocenters. The van der Waals surface area contributed by atoms with Gasteiger partial charge in [0.05, 0.1) is 0 Å². The molecule has 0 aliphatic heterocycles. The molecule has 0 radical (unpaired) electrons. The molecule has 5 heteroatoms. The van der Waals surface area contributed by atoms with Crippen LogP contribution in [0.15, 0.2) is 0 Å². The van der Waals surface area contributed by atoms with Crippen molar-refractivity contribution in [3.63, 3.8) is 0 Å². The van der Waals surface area contributed by atoms with E-state index in [0.29, 0.717) is 19.8 Å². The second-order valence-electron chi connectivity index (χ2n) is 5.81. The van der Waals surface area contributed by atoms with Crippen molar-refractivity contribution in [2.45, 2.75) is 90.9 Å². The average molecular weight is 430 g/mol. The Hall–Kier alpha value is 0.728. The van der Waals surface area contributed by atoms with Gasteiger partial charge in [0.1, 0.15) is 4.32 Å². The van der Waals surface area contributed by atoms with Gasteiger partial charge in [-0.1, -0.05) is 90.3 Å². The Bertz CT molecular complexity index is 227. The summed E-state index contributed by atoms with van der Waals surface area (Å²) in [5.74, 6) is 0. The zero-order valence-electron chi connectivity index (χ0n) is 14.5. The average Bonchev–Trinajstić information content (AvgIpc) is 2.53. The summed E-state index contributed by atoms with van der Waals surface area (Å²) in [5.41, 5.74) is 0. The van der Waals surface area contributed by atoms with Gasteiger partial charge in [0.2, 0.25) is 0 Å². The van der Waals surface area contributed by atoms with E-state index in [9.17, 15) is 0 Å². The minimum atomic E-state index is 0.700. The van der Waals surface area contributed by atoms with Gasteiger partial charge in [-0.15, -0.1) is 12.6 Å². The van der Waals surface area contributed by atoms with Crippen LogP contribution in [0.3, 0.4) is 0 Å². The van der Waals surface area contributed by atoms with E-state index in [1.807, 2.05) is 0 Å². The molecule has 0 fully saturated rings. The van der Waals surface area contributed by atoms with Crippen LogP contribution < -0.4 is 0 Å². The molecular weight excluding hydrogens is 394 g/mol. The van der Waals surface area contributed by atoms with Gasteiger partial charge in [0.15, 0.2) is 0 Å². The van der Waals surface area contributed by atoms with E-state index in [1.54, 1.807) is 0 Å². The van der Waals surface area contributed by atoms with E-state index in [2.05, 4.69) is 31.4 Å². The Morgan fingerprint density at radius 2 is 1.09 bits per heavy atom. The standard InChI is InChI=1S/C17H35NS2.Mo.O/c1-3-5-7-9-11-13-15-18(17(19)20)16-14-12-10-8-6-4-2;;/h3-16H2,1-2H3,(H,19,20);;. The van der Waals surface area contributed by atoms with E-state index in [4.69, 9.17) is 15.6 Å². The number of nitrogens with zero attached hydrogens (tertiary/aromatic N) is 1. The fourth-order valence-corrected chi connectivity index (χ4v) is 2.85. The molecule has 0 atom stereocenters. The van der Waals surface area contributed by atoms with Crippen LogP contribution in [0.4, 0.5) is 0 Å². The Balaban J connectivity index is 0. The summed E-state index contributed by atoms with van der Waals surface area (Å²) in [7, 11) is 0. The molecule has 0 aromatic rings. The van der Waals surface area contributed by atoms with E-state index < -0.39 is 0 Å². The third kappa shape index (κ3) is 18.8. The third-order valence-electron chi connectivity index (χ3n) is 3.83. The molecule has 22 heavy (non-hydrogen) atoms. The monoisotopic (exact) mass is 431 g/mol. The molecule has 132 valence electrons. The predicted octanol–water partition coefficient (Wildman–Crippen LogP) is 6.10. The van der Waals surface area contributed by atoms with Gasteiger partial charge in [0.25, 0.3) is 0 Å². The molecule has 2 nitrogen and oxygen atoms in total. The first kappa shape index (κ1) is 25.0. The van der Waals surface area contributed by atoms with E-state index in [1.165, 1.54) is 77.0 Å². The van der Waals surface area contributed by atoms with Gasteiger partial charge >= 0.3 is 23.2 Å². The topological polar surface area (TPSA) is 20.3 Å². The number of hydrogen-bond donors (Lipinski definition) is 1. The summed E-state index contributed by atoms with van der Waals surface area (Å²) >= 11 is 10.3. The van der Waals surface area contributed by atoms with Crippen molar-refractivity contribution in [2.75, 3.05) is 13.1 Å². The summed E-state index contributed by atoms with van der Waals surface area (Å²) in [6.07, 6.45) is 16.1. The van der Waals surface area contributed by atoms with Crippen LogP contribution in [0.1, 0.15) is 90.9 Å². The third-order valence-corrected chi connectivity index (χ3v) is 4.37. The number of unbranched alkanes of at least 4 members (excludes halogenated alkanes) is 10. The molecule has 0 rings (SSSR count). The van der Waals surface area contributed by atoms with Crippen LogP contribution in [0.25, 0.3) is 0 Å². The molecule has 0 aromatic carbocycles. The quantitative estimate of drug-likeness (QED) is 0.156. The van der Waals surface area contributed by atoms with Gasteiger partial charge in [-0.25, -0.2) is 0 Å². The second-order valence-corrected chi connectivity index (χ2v) is 6.92. The van der Waals surface area contributed by atoms with Crippen LogP contribution >= 0.6 is 24.8 Å². The molecular formula is C17H35MoNOS2. The van der Waals surface area contributed by atoms with Gasteiger partial charge < -0.3 is 4.90 Å². The maximum absolute atomic E-state index is 8.26. The summed E-state index contributed by atoms with van der Waals surface area (Å²) in [5, 5.41) is 0. The van der Waals surface area contributed by atoms with Crippen LogP contribution in [0, 0.1) is 0 Å². The molecule has 0 saturated heterocycles. The van der Waals surface area contributed by atoms with Crippen LogP contribution in [-0.4, -0.2) is 22.3 Å². The molecule has 0 aromatic heterocycles. The number of rotatable bonds is 14. The fraction of sp³-hybridized carbons (Fsp3) is 0.941. The van der Waals surface area contributed by atoms with Gasteiger partial charge in [0, 0.05) is 13.1 Å². The zero-order chi connectivity index (χ0) is 17.1. The van der Waals surface area contributed by atoms with Crippen LogP contribution in [0.5, 0.6) is 0 Å².